The molecule has 3 N–H and O–H groups in total. The number of carbonyl (C=O) groups is 2. The predicted octanol–water partition coefficient (Wildman–Crippen LogP) is 2.25. The summed E-state index contributed by atoms with van der Waals surface area (Å²) < 4.78 is 0. The molecule has 2 aliphatic rings. The smallest absolute Gasteiger partial charge is 0.303 e. The quantitative estimate of drug-likeness (QED) is 0.726. The van der Waals surface area contributed by atoms with E-state index >= 15 is 0 Å². The van der Waals surface area contributed by atoms with Gasteiger partial charge in [0, 0.05) is 49.9 Å². The fourth-order valence-corrected chi connectivity index (χ4v) is 3.94. The van der Waals surface area contributed by atoms with Crippen molar-refractivity contribution in [2.24, 2.45) is 5.92 Å². The third kappa shape index (κ3) is 5.21. The number of carboxylic acids is 1. The van der Waals surface area contributed by atoms with Gasteiger partial charge in [-0.3, -0.25) is 9.59 Å². The number of nitrogens with zero attached hydrogens (tertiary/aromatic N) is 1. The molecule has 26 heavy (non-hydrogen) atoms. The summed E-state index contributed by atoms with van der Waals surface area (Å²) in [7, 11) is 0. The number of nitrogens with one attached hydrogen (secondary N) is 2. The van der Waals surface area contributed by atoms with Crippen LogP contribution in [0, 0.1) is 5.92 Å². The maximum atomic E-state index is 12.5. The van der Waals surface area contributed by atoms with E-state index in [9.17, 15) is 9.59 Å². The van der Waals surface area contributed by atoms with Gasteiger partial charge in [-0.25, -0.2) is 0 Å². The molecule has 0 unspecified atom stereocenters. The molecule has 0 bridgehead atoms. The summed E-state index contributed by atoms with van der Waals surface area (Å²) in [6.07, 6.45) is 4.88. The molecule has 1 aliphatic carbocycles. The van der Waals surface area contributed by atoms with Gasteiger partial charge in [0.15, 0.2) is 0 Å². The minimum atomic E-state index is -0.718. The Morgan fingerprint density at radius 1 is 1.08 bits per heavy atom. The molecule has 1 saturated carbocycles. The lowest BCUT2D eigenvalue weighted by molar-refractivity contribution is -0.137. The zero-order valence-electron chi connectivity index (χ0n) is 15.2. The largest absolute Gasteiger partial charge is 0.481 e. The number of benzene rings is 1. The molecule has 6 heteroatoms. The van der Waals surface area contributed by atoms with Gasteiger partial charge in [0.05, 0.1) is 0 Å². The fraction of sp³-hybridized carbons (Fsp3) is 0.600. The summed E-state index contributed by atoms with van der Waals surface area (Å²) in [6, 6.07) is 8.08. The van der Waals surface area contributed by atoms with Crippen LogP contribution >= 0.6 is 0 Å². The van der Waals surface area contributed by atoms with E-state index in [4.69, 9.17) is 5.11 Å². The predicted molar refractivity (Wildman–Crippen MR) is 102 cm³/mol. The van der Waals surface area contributed by atoms with Crippen LogP contribution in [0.3, 0.4) is 0 Å². The summed E-state index contributed by atoms with van der Waals surface area (Å²) in [5, 5.41) is 15.3. The summed E-state index contributed by atoms with van der Waals surface area (Å²) in [5.41, 5.74) is 1.87. The Balaban J connectivity index is 1.45. The number of amides is 1. The first-order valence-corrected chi connectivity index (χ1v) is 9.70. The van der Waals surface area contributed by atoms with E-state index in [0.717, 1.165) is 58.3 Å². The average Bonchev–Trinajstić information content (AvgIpc) is 2.68. The number of carboxylic acid groups (broad SMARTS) is 1. The third-order valence-electron chi connectivity index (χ3n) is 5.56. The van der Waals surface area contributed by atoms with E-state index in [1.807, 2.05) is 24.3 Å². The Kier molecular flexibility index (Phi) is 6.50. The summed E-state index contributed by atoms with van der Waals surface area (Å²) >= 11 is 0. The molecular weight excluding hydrogens is 330 g/mol. The van der Waals surface area contributed by atoms with Crippen LogP contribution in [0.4, 0.5) is 5.69 Å². The zero-order chi connectivity index (χ0) is 18.4. The first-order valence-electron chi connectivity index (χ1n) is 9.70. The second-order valence-corrected chi connectivity index (χ2v) is 7.41. The monoisotopic (exact) mass is 359 g/mol. The SMILES string of the molecule is O=C(O)CCC1CCC(NC(=O)c2ccc(N3CCNCC3)cc2)CC1. The van der Waals surface area contributed by atoms with Gasteiger partial charge in [-0.15, -0.1) is 0 Å². The first-order chi connectivity index (χ1) is 12.6. The highest BCUT2D eigenvalue weighted by atomic mass is 16.4. The van der Waals surface area contributed by atoms with Crippen LogP contribution < -0.4 is 15.5 Å². The van der Waals surface area contributed by atoms with Crippen molar-refractivity contribution in [1.82, 2.24) is 10.6 Å². The Morgan fingerprint density at radius 2 is 1.73 bits per heavy atom. The number of anilines is 1. The normalized spacial score (nSPS) is 23.5. The van der Waals surface area contributed by atoms with Crippen molar-refractivity contribution in [3.8, 4) is 0 Å². The molecule has 0 aromatic heterocycles. The van der Waals surface area contributed by atoms with E-state index in [2.05, 4.69) is 15.5 Å². The number of hydrogen-bond acceptors (Lipinski definition) is 4. The highest BCUT2D eigenvalue weighted by molar-refractivity contribution is 5.94. The van der Waals surface area contributed by atoms with Crippen LogP contribution in [-0.2, 0) is 4.79 Å². The van der Waals surface area contributed by atoms with Crippen LogP contribution in [0.1, 0.15) is 48.9 Å². The molecule has 1 aromatic rings. The molecule has 1 aromatic carbocycles. The molecule has 0 atom stereocenters. The Labute approximate surface area is 155 Å². The number of carbonyl (C=O) groups excluding carboxylic acids is 1. The zero-order valence-corrected chi connectivity index (χ0v) is 15.2. The van der Waals surface area contributed by atoms with Gasteiger partial charge in [-0.05, 0) is 62.3 Å². The third-order valence-corrected chi connectivity index (χ3v) is 5.56. The molecule has 1 saturated heterocycles. The standard InChI is InChI=1S/C20H29N3O3/c24-19(25)10-3-15-1-6-17(7-2-15)22-20(26)16-4-8-18(9-5-16)23-13-11-21-12-14-23/h4-5,8-9,15,17,21H,1-3,6-7,10-14H2,(H,22,26)(H,24,25). The molecular formula is C20H29N3O3. The second-order valence-electron chi connectivity index (χ2n) is 7.41. The van der Waals surface area contributed by atoms with Gasteiger partial charge in [-0.1, -0.05) is 0 Å². The van der Waals surface area contributed by atoms with Crippen LogP contribution in [0.15, 0.2) is 24.3 Å². The molecule has 0 radical (unpaired) electrons. The maximum Gasteiger partial charge on any atom is 0.303 e. The summed E-state index contributed by atoms with van der Waals surface area (Å²) in [5.74, 6) is -0.242. The number of hydrogen-bond donors (Lipinski definition) is 3. The van der Waals surface area contributed by atoms with Gasteiger partial charge < -0.3 is 20.6 Å². The lowest BCUT2D eigenvalue weighted by atomic mass is 9.83. The van der Waals surface area contributed by atoms with Crippen molar-refractivity contribution in [3.05, 3.63) is 29.8 Å². The van der Waals surface area contributed by atoms with Crippen molar-refractivity contribution < 1.29 is 14.7 Å². The van der Waals surface area contributed by atoms with E-state index in [1.54, 1.807) is 0 Å². The highest BCUT2D eigenvalue weighted by Crippen LogP contribution is 2.28. The van der Waals surface area contributed by atoms with E-state index < -0.39 is 5.97 Å². The molecule has 0 spiro atoms. The highest BCUT2D eigenvalue weighted by Gasteiger charge is 2.23. The topological polar surface area (TPSA) is 81.7 Å². The molecule has 1 aliphatic heterocycles. The maximum absolute atomic E-state index is 12.5. The lowest BCUT2D eigenvalue weighted by Gasteiger charge is -2.30. The van der Waals surface area contributed by atoms with Crippen molar-refractivity contribution in [3.63, 3.8) is 0 Å². The van der Waals surface area contributed by atoms with Crippen LogP contribution in [0.25, 0.3) is 0 Å². The lowest BCUT2D eigenvalue weighted by Crippen LogP contribution is -2.43. The number of piperazine rings is 1. The first kappa shape index (κ1) is 18.7. The molecule has 1 amide bonds. The van der Waals surface area contributed by atoms with Crippen molar-refractivity contribution in [1.29, 1.82) is 0 Å². The minimum absolute atomic E-state index is 0.00848. The van der Waals surface area contributed by atoms with E-state index in [0.29, 0.717) is 11.5 Å². The van der Waals surface area contributed by atoms with Crippen molar-refractivity contribution >= 4 is 17.6 Å². The second kappa shape index (κ2) is 9.03. The van der Waals surface area contributed by atoms with Crippen LogP contribution in [0.2, 0.25) is 0 Å². The van der Waals surface area contributed by atoms with Crippen LogP contribution in [-0.4, -0.2) is 49.2 Å². The number of aliphatic carboxylic acids is 1. The molecule has 3 rings (SSSR count). The fourth-order valence-electron chi connectivity index (χ4n) is 3.94. The Hall–Kier alpha value is -2.08. The van der Waals surface area contributed by atoms with Gasteiger partial charge in [0.2, 0.25) is 0 Å². The Morgan fingerprint density at radius 3 is 2.35 bits per heavy atom. The van der Waals surface area contributed by atoms with Gasteiger partial charge >= 0.3 is 5.97 Å². The van der Waals surface area contributed by atoms with Gasteiger partial charge in [-0.2, -0.15) is 0 Å². The average molecular weight is 359 g/mol. The van der Waals surface area contributed by atoms with Gasteiger partial charge in [0.25, 0.3) is 5.91 Å². The van der Waals surface area contributed by atoms with Gasteiger partial charge in [0.1, 0.15) is 0 Å². The number of rotatable bonds is 6. The van der Waals surface area contributed by atoms with Crippen LogP contribution in [0.5, 0.6) is 0 Å². The van der Waals surface area contributed by atoms with E-state index in [-0.39, 0.29) is 18.4 Å². The Bertz CT molecular complexity index is 603. The summed E-state index contributed by atoms with van der Waals surface area (Å²) in [4.78, 5) is 25.5. The minimum Gasteiger partial charge on any atom is -0.481 e. The summed E-state index contributed by atoms with van der Waals surface area (Å²) in [6.45, 7) is 3.99. The molecule has 142 valence electrons. The van der Waals surface area contributed by atoms with Crippen molar-refractivity contribution in [2.75, 3.05) is 31.1 Å². The van der Waals surface area contributed by atoms with E-state index in [1.165, 1.54) is 5.69 Å². The molecule has 6 nitrogen and oxygen atoms in total. The molecule has 2 fully saturated rings. The van der Waals surface area contributed by atoms with Crippen molar-refractivity contribution in [2.45, 2.75) is 44.6 Å². The molecule has 1 heterocycles.